The summed E-state index contributed by atoms with van der Waals surface area (Å²) in [6.07, 6.45) is 4.11. The van der Waals surface area contributed by atoms with E-state index < -0.39 is 26.7 Å². The summed E-state index contributed by atoms with van der Waals surface area (Å²) in [7, 11) is 1.01. The highest BCUT2D eigenvalue weighted by Gasteiger charge is 2.63. The van der Waals surface area contributed by atoms with E-state index >= 15 is 0 Å². The molecule has 0 unspecified atom stereocenters. The molecule has 0 rings (SSSR count). The first kappa shape index (κ1) is 35.4. The molecule has 0 aliphatic rings. The molecule has 0 aromatic rings. The lowest BCUT2D eigenvalue weighted by Gasteiger charge is -2.39. The number of hydrogen-bond acceptors (Lipinski definition) is 10. The average Bonchev–Trinajstić information content (AvgIpc) is 2.83. The van der Waals surface area contributed by atoms with Crippen LogP contribution in [0.25, 0.3) is 0 Å². The monoisotopic (exact) mass is 534 g/mol. The lowest BCUT2D eigenvalue weighted by Crippen LogP contribution is -2.62. The van der Waals surface area contributed by atoms with Crippen LogP contribution in [0.3, 0.4) is 0 Å². The highest BCUT2D eigenvalue weighted by molar-refractivity contribution is 6.82. The quantitative estimate of drug-likeness (QED) is 0.170. The fraction of sp³-hybridized carbons (Fsp3) is 1.00. The van der Waals surface area contributed by atoms with Crippen LogP contribution in [0.4, 0.5) is 0 Å². The first-order chi connectivity index (χ1) is 15.8. The first-order valence-electron chi connectivity index (χ1n) is 11.7. The molecule has 0 aliphatic carbocycles. The molecule has 0 bridgehead atoms. The van der Waals surface area contributed by atoms with Gasteiger partial charge in [0.1, 0.15) is 0 Å². The summed E-state index contributed by atoms with van der Waals surface area (Å²) in [5, 5.41) is -0.137. The molecule has 0 aliphatic heterocycles. The van der Waals surface area contributed by atoms with E-state index in [0.717, 1.165) is 25.7 Å². The Hall–Kier alpha value is 0.251. The van der Waals surface area contributed by atoms with Gasteiger partial charge in [0.05, 0.1) is 5.16 Å². The Kier molecular flexibility index (Phi) is 21.9. The van der Waals surface area contributed by atoms with Gasteiger partial charge in [0.15, 0.2) is 0 Å². The van der Waals surface area contributed by atoms with E-state index in [0.29, 0.717) is 26.4 Å². The number of rotatable bonds is 20. The minimum absolute atomic E-state index is 0.137. The van der Waals surface area contributed by atoms with Crippen LogP contribution in [0.1, 0.15) is 60.3 Å². The van der Waals surface area contributed by atoms with Gasteiger partial charge in [0.25, 0.3) is 0 Å². The summed E-state index contributed by atoms with van der Waals surface area (Å²) in [6.45, 7) is 12.0. The molecular formula is C20H50O10Si3. The zero-order valence-electron chi connectivity index (χ0n) is 22.8. The highest BCUT2D eigenvalue weighted by Crippen LogP contribution is 2.39. The molecule has 13 heteroatoms. The van der Waals surface area contributed by atoms with Crippen molar-refractivity contribution >= 4 is 26.7 Å². The summed E-state index contributed by atoms with van der Waals surface area (Å²) in [6, 6.07) is 0. The molecule has 0 spiro atoms. The number of hydrogen-bond donors (Lipinski definition) is 0. The van der Waals surface area contributed by atoms with Gasteiger partial charge in [-0.1, -0.05) is 26.2 Å². The summed E-state index contributed by atoms with van der Waals surface area (Å²) in [5.74, 6) is 0. The molecule has 0 aromatic heterocycles. The third kappa shape index (κ3) is 11.2. The van der Waals surface area contributed by atoms with Crippen molar-refractivity contribution in [2.24, 2.45) is 0 Å². The Morgan fingerprint density at radius 1 is 0.485 bits per heavy atom. The fourth-order valence-corrected chi connectivity index (χ4v) is 13.1. The normalized spacial score (nSPS) is 12.7. The van der Waals surface area contributed by atoms with Crippen LogP contribution in [0.15, 0.2) is 0 Å². The van der Waals surface area contributed by atoms with Crippen LogP contribution in [0.5, 0.6) is 0 Å². The Morgan fingerprint density at radius 2 is 0.788 bits per heavy atom. The van der Waals surface area contributed by atoms with E-state index in [1.807, 2.05) is 27.7 Å². The molecule has 0 fully saturated rings. The van der Waals surface area contributed by atoms with Crippen LogP contribution >= 0.6 is 0 Å². The van der Waals surface area contributed by atoms with Crippen LogP contribution in [0.2, 0.25) is 5.16 Å². The second kappa shape index (κ2) is 20.4. The van der Waals surface area contributed by atoms with Gasteiger partial charge in [-0.25, -0.2) is 0 Å². The van der Waals surface area contributed by atoms with Crippen molar-refractivity contribution < 1.29 is 44.3 Å². The van der Waals surface area contributed by atoms with Crippen LogP contribution in [-0.2, 0) is 44.3 Å². The van der Waals surface area contributed by atoms with E-state index in [2.05, 4.69) is 6.92 Å². The topological polar surface area (TPSA) is 92.3 Å². The highest BCUT2D eigenvalue weighted by atomic mass is 28.5. The molecule has 0 heterocycles. The summed E-state index contributed by atoms with van der Waals surface area (Å²) in [4.78, 5) is 0. The van der Waals surface area contributed by atoms with Gasteiger partial charge < -0.3 is 44.3 Å². The summed E-state index contributed by atoms with van der Waals surface area (Å²) >= 11 is 0. The molecule has 202 valence electrons. The molecule has 0 amide bonds. The molecule has 0 saturated heterocycles. The van der Waals surface area contributed by atoms with Crippen molar-refractivity contribution in [2.45, 2.75) is 65.5 Å². The predicted octanol–water partition coefficient (Wildman–Crippen LogP) is 3.80. The maximum absolute atomic E-state index is 5.63. The standard InChI is InChI=1S/C12H30O6Si2.C8H20O4Si/c1-8-9-10-11-12(19(13-2,14-3)15-4)20(16-5,17-6)18-7;1-5-9-13(10-6-2,11-7-3)12-8-4/h12H,8-11H2,1-7H3;5-8H2,1-4H3. The fourth-order valence-electron chi connectivity index (χ4n) is 3.48. The van der Waals surface area contributed by atoms with Gasteiger partial charge >= 0.3 is 26.7 Å². The second-order valence-electron chi connectivity index (χ2n) is 6.71. The summed E-state index contributed by atoms with van der Waals surface area (Å²) < 4.78 is 55.5. The molecule has 0 radical (unpaired) electrons. The van der Waals surface area contributed by atoms with Gasteiger partial charge in [-0.3, -0.25) is 0 Å². The molecular weight excluding hydrogens is 484 g/mol. The second-order valence-corrected chi connectivity index (χ2v) is 15.7. The van der Waals surface area contributed by atoms with Gasteiger partial charge in [-0.15, -0.1) is 0 Å². The predicted molar refractivity (Wildman–Crippen MR) is 134 cm³/mol. The van der Waals surface area contributed by atoms with E-state index in [1.54, 1.807) is 42.7 Å². The smallest absolute Gasteiger partial charge is 0.377 e. The Morgan fingerprint density at radius 3 is 1.00 bits per heavy atom. The van der Waals surface area contributed by atoms with E-state index in [-0.39, 0.29) is 5.16 Å². The summed E-state index contributed by atoms with van der Waals surface area (Å²) in [5.41, 5.74) is 0. The van der Waals surface area contributed by atoms with Crippen LogP contribution in [-0.4, -0.2) is 95.7 Å². The molecule has 0 N–H and O–H groups in total. The van der Waals surface area contributed by atoms with Gasteiger partial charge in [0.2, 0.25) is 0 Å². The third-order valence-electron chi connectivity index (χ3n) is 4.94. The van der Waals surface area contributed by atoms with Crippen LogP contribution < -0.4 is 0 Å². The minimum atomic E-state index is -2.91. The van der Waals surface area contributed by atoms with E-state index in [1.165, 1.54) is 0 Å². The van der Waals surface area contributed by atoms with Crippen molar-refractivity contribution in [3.8, 4) is 0 Å². The Balaban J connectivity index is 0. The van der Waals surface area contributed by atoms with Crippen molar-refractivity contribution in [3.63, 3.8) is 0 Å². The molecule has 0 saturated carbocycles. The SMILES string of the molecule is CCCCCC([Si](OC)(OC)OC)[Si](OC)(OC)OC.CCO[Si](OCC)(OCC)OCC. The maximum Gasteiger partial charge on any atom is 0.679 e. The molecule has 0 aromatic carbocycles. The number of unbranched alkanes of at least 4 members (excludes halogenated alkanes) is 2. The zero-order valence-corrected chi connectivity index (χ0v) is 25.8. The van der Waals surface area contributed by atoms with Crippen molar-refractivity contribution in [3.05, 3.63) is 0 Å². The van der Waals surface area contributed by atoms with E-state index in [4.69, 9.17) is 44.3 Å². The maximum atomic E-state index is 5.63. The van der Waals surface area contributed by atoms with Gasteiger partial charge in [-0.05, 0) is 34.1 Å². The zero-order chi connectivity index (χ0) is 25.8. The Bertz CT molecular complexity index is 374. The van der Waals surface area contributed by atoms with Crippen molar-refractivity contribution in [2.75, 3.05) is 69.1 Å². The molecule has 0 atom stereocenters. The average molecular weight is 535 g/mol. The third-order valence-corrected chi connectivity index (χ3v) is 15.3. The first-order valence-corrected chi connectivity index (χ1v) is 16.9. The lowest BCUT2D eigenvalue weighted by atomic mass is 10.2. The minimum Gasteiger partial charge on any atom is -0.377 e. The van der Waals surface area contributed by atoms with Crippen LogP contribution in [0, 0.1) is 0 Å². The van der Waals surface area contributed by atoms with Gasteiger partial charge in [-0.2, -0.15) is 0 Å². The van der Waals surface area contributed by atoms with Crippen molar-refractivity contribution in [1.29, 1.82) is 0 Å². The lowest BCUT2D eigenvalue weighted by molar-refractivity contribution is -0.0247. The van der Waals surface area contributed by atoms with Gasteiger partial charge in [0, 0.05) is 69.1 Å². The molecule has 10 nitrogen and oxygen atoms in total. The van der Waals surface area contributed by atoms with E-state index in [9.17, 15) is 0 Å². The molecule has 33 heavy (non-hydrogen) atoms. The van der Waals surface area contributed by atoms with Crippen molar-refractivity contribution in [1.82, 2.24) is 0 Å². The Labute approximate surface area is 205 Å². The largest absolute Gasteiger partial charge is 0.679 e.